The van der Waals surface area contributed by atoms with Gasteiger partial charge in [-0.2, -0.15) is 11.8 Å². The van der Waals surface area contributed by atoms with Gasteiger partial charge in [-0.1, -0.05) is 11.6 Å². The molecule has 0 aliphatic carbocycles. The Morgan fingerprint density at radius 1 is 1.50 bits per heavy atom. The monoisotopic (exact) mass is 203 g/mol. The van der Waals surface area contributed by atoms with Crippen LogP contribution in [-0.4, -0.2) is 28.8 Å². The summed E-state index contributed by atoms with van der Waals surface area (Å²) in [7, 11) is 0. The summed E-state index contributed by atoms with van der Waals surface area (Å²) in [5.74, 6) is 1.83. The summed E-state index contributed by atoms with van der Waals surface area (Å²) in [5.41, 5.74) is 0. The molecule has 1 aromatic rings. The summed E-state index contributed by atoms with van der Waals surface area (Å²) in [6, 6.07) is 3.53. The van der Waals surface area contributed by atoms with Crippen LogP contribution in [0.2, 0.25) is 5.15 Å². The second kappa shape index (κ2) is 5.22. The predicted molar refractivity (Wildman–Crippen MR) is 53.9 cm³/mol. The third-order valence-electron chi connectivity index (χ3n) is 1.24. The SMILES string of the molecule is CSCCNc1ccc(Cl)nn1. The third kappa shape index (κ3) is 3.28. The Kier molecular flexibility index (Phi) is 4.18. The number of rotatable bonds is 4. The van der Waals surface area contributed by atoms with Crippen molar-refractivity contribution in [3.63, 3.8) is 0 Å². The summed E-state index contributed by atoms with van der Waals surface area (Å²) in [4.78, 5) is 0. The molecule has 0 aliphatic heterocycles. The summed E-state index contributed by atoms with van der Waals surface area (Å²) in [6.07, 6.45) is 2.06. The van der Waals surface area contributed by atoms with Crippen molar-refractivity contribution in [3.8, 4) is 0 Å². The highest BCUT2D eigenvalue weighted by Gasteiger charge is 1.93. The molecule has 0 atom stereocenters. The van der Waals surface area contributed by atoms with E-state index in [1.807, 2.05) is 6.07 Å². The van der Waals surface area contributed by atoms with Gasteiger partial charge < -0.3 is 5.32 Å². The van der Waals surface area contributed by atoms with Gasteiger partial charge in [-0.25, -0.2) is 0 Å². The summed E-state index contributed by atoms with van der Waals surface area (Å²) in [5, 5.41) is 11.1. The molecule has 0 radical (unpaired) electrons. The molecule has 0 saturated carbocycles. The van der Waals surface area contributed by atoms with Crippen molar-refractivity contribution in [2.45, 2.75) is 0 Å². The van der Waals surface area contributed by atoms with Crippen LogP contribution in [0.1, 0.15) is 0 Å². The van der Waals surface area contributed by atoms with E-state index < -0.39 is 0 Å². The zero-order valence-electron chi connectivity index (χ0n) is 6.75. The minimum atomic E-state index is 0.422. The van der Waals surface area contributed by atoms with Crippen LogP contribution in [0.3, 0.4) is 0 Å². The van der Waals surface area contributed by atoms with E-state index in [9.17, 15) is 0 Å². The van der Waals surface area contributed by atoms with Crippen molar-refractivity contribution >= 4 is 29.2 Å². The van der Waals surface area contributed by atoms with Crippen molar-refractivity contribution in [2.24, 2.45) is 0 Å². The molecule has 5 heteroatoms. The minimum absolute atomic E-state index is 0.422. The first-order chi connectivity index (χ1) is 5.83. The molecule has 1 rings (SSSR count). The van der Waals surface area contributed by atoms with Gasteiger partial charge >= 0.3 is 0 Å². The van der Waals surface area contributed by atoms with Crippen LogP contribution in [-0.2, 0) is 0 Å². The van der Waals surface area contributed by atoms with E-state index in [4.69, 9.17) is 11.6 Å². The quantitative estimate of drug-likeness (QED) is 0.759. The fourth-order valence-corrected chi connectivity index (χ4v) is 1.10. The van der Waals surface area contributed by atoms with Crippen LogP contribution in [0, 0.1) is 0 Å². The van der Waals surface area contributed by atoms with Crippen molar-refractivity contribution in [1.29, 1.82) is 0 Å². The second-order valence-electron chi connectivity index (χ2n) is 2.16. The van der Waals surface area contributed by atoms with Crippen molar-refractivity contribution in [2.75, 3.05) is 23.9 Å². The fourth-order valence-electron chi connectivity index (χ4n) is 0.691. The van der Waals surface area contributed by atoms with Crippen LogP contribution in [0.5, 0.6) is 0 Å². The van der Waals surface area contributed by atoms with E-state index >= 15 is 0 Å². The molecule has 0 bridgehead atoms. The Morgan fingerprint density at radius 2 is 2.33 bits per heavy atom. The van der Waals surface area contributed by atoms with Crippen molar-refractivity contribution in [3.05, 3.63) is 17.3 Å². The second-order valence-corrected chi connectivity index (χ2v) is 3.53. The van der Waals surface area contributed by atoms with Gasteiger partial charge in [0.05, 0.1) is 0 Å². The number of halogens is 1. The Bertz CT molecular complexity index is 227. The Hall–Kier alpha value is -0.480. The van der Waals surface area contributed by atoms with E-state index in [1.54, 1.807) is 17.8 Å². The van der Waals surface area contributed by atoms with E-state index in [-0.39, 0.29) is 0 Å². The number of anilines is 1. The topological polar surface area (TPSA) is 37.8 Å². The molecule has 0 fully saturated rings. The van der Waals surface area contributed by atoms with Crippen LogP contribution in [0.15, 0.2) is 12.1 Å². The third-order valence-corrected chi connectivity index (χ3v) is 2.06. The van der Waals surface area contributed by atoms with E-state index in [2.05, 4.69) is 21.8 Å². The molecule has 1 aromatic heterocycles. The van der Waals surface area contributed by atoms with Crippen LogP contribution >= 0.6 is 23.4 Å². The van der Waals surface area contributed by atoms with E-state index in [0.29, 0.717) is 5.15 Å². The Labute approximate surface area is 80.9 Å². The first-order valence-corrected chi connectivity index (χ1v) is 5.32. The highest BCUT2D eigenvalue weighted by molar-refractivity contribution is 7.98. The first kappa shape index (κ1) is 9.61. The molecule has 0 unspecified atom stereocenters. The average Bonchev–Trinajstić information content (AvgIpc) is 2.09. The lowest BCUT2D eigenvalue weighted by Gasteiger charge is -2.01. The lowest BCUT2D eigenvalue weighted by molar-refractivity contribution is 1.01. The van der Waals surface area contributed by atoms with E-state index in [1.165, 1.54) is 0 Å². The lowest BCUT2D eigenvalue weighted by Crippen LogP contribution is -2.05. The first-order valence-electron chi connectivity index (χ1n) is 3.55. The molecule has 0 spiro atoms. The van der Waals surface area contributed by atoms with Gasteiger partial charge in [-0.05, 0) is 18.4 Å². The number of thioether (sulfide) groups is 1. The Morgan fingerprint density at radius 3 is 2.92 bits per heavy atom. The van der Waals surface area contributed by atoms with Gasteiger partial charge in [0.25, 0.3) is 0 Å². The van der Waals surface area contributed by atoms with Crippen LogP contribution in [0.4, 0.5) is 5.82 Å². The summed E-state index contributed by atoms with van der Waals surface area (Å²) < 4.78 is 0. The zero-order valence-corrected chi connectivity index (χ0v) is 8.32. The van der Waals surface area contributed by atoms with Gasteiger partial charge in [-0.3, -0.25) is 0 Å². The molecule has 1 heterocycles. The van der Waals surface area contributed by atoms with Gasteiger partial charge in [0, 0.05) is 12.3 Å². The average molecular weight is 204 g/mol. The maximum atomic E-state index is 5.57. The number of nitrogens with one attached hydrogen (secondary N) is 1. The molecule has 0 aliphatic rings. The highest BCUT2D eigenvalue weighted by atomic mass is 35.5. The van der Waals surface area contributed by atoms with Crippen LogP contribution < -0.4 is 5.32 Å². The smallest absolute Gasteiger partial charge is 0.151 e. The zero-order chi connectivity index (χ0) is 8.81. The van der Waals surface area contributed by atoms with Crippen molar-refractivity contribution < 1.29 is 0 Å². The van der Waals surface area contributed by atoms with Crippen molar-refractivity contribution in [1.82, 2.24) is 10.2 Å². The molecular formula is C7H10ClN3S. The van der Waals surface area contributed by atoms with Gasteiger partial charge in [-0.15, -0.1) is 10.2 Å². The van der Waals surface area contributed by atoms with Crippen LogP contribution in [0.25, 0.3) is 0 Å². The molecule has 0 aromatic carbocycles. The molecule has 1 N–H and O–H groups in total. The van der Waals surface area contributed by atoms with Gasteiger partial charge in [0.15, 0.2) is 5.15 Å². The van der Waals surface area contributed by atoms with E-state index in [0.717, 1.165) is 18.1 Å². The lowest BCUT2D eigenvalue weighted by atomic mass is 10.5. The highest BCUT2D eigenvalue weighted by Crippen LogP contribution is 2.05. The summed E-state index contributed by atoms with van der Waals surface area (Å²) in [6.45, 7) is 0.900. The van der Waals surface area contributed by atoms with Gasteiger partial charge in [0.2, 0.25) is 0 Å². The molecule has 0 saturated heterocycles. The maximum absolute atomic E-state index is 5.57. The largest absolute Gasteiger partial charge is 0.368 e. The molecule has 0 amide bonds. The number of hydrogen-bond acceptors (Lipinski definition) is 4. The number of nitrogens with zero attached hydrogens (tertiary/aromatic N) is 2. The molecular weight excluding hydrogens is 194 g/mol. The molecule has 12 heavy (non-hydrogen) atoms. The Balaban J connectivity index is 2.37. The standard InChI is InChI=1S/C7H10ClN3S/c1-12-5-4-9-7-3-2-6(8)10-11-7/h2-3H,4-5H2,1H3,(H,9,11). The number of hydrogen-bond donors (Lipinski definition) is 1. The summed E-state index contributed by atoms with van der Waals surface area (Å²) >= 11 is 7.35. The maximum Gasteiger partial charge on any atom is 0.151 e. The minimum Gasteiger partial charge on any atom is -0.368 e. The normalized spacial score (nSPS) is 9.83. The number of aromatic nitrogens is 2. The molecule has 3 nitrogen and oxygen atoms in total. The van der Waals surface area contributed by atoms with Gasteiger partial charge in [0.1, 0.15) is 5.82 Å². The fraction of sp³-hybridized carbons (Fsp3) is 0.429. The molecule has 66 valence electrons. The predicted octanol–water partition coefficient (Wildman–Crippen LogP) is 1.90.